The smallest absolute Gasteiger partial charge is 0.307 e. The summed E-state index contributed by atoms with van der Waals surface area (Å²) in [5.41, 5.74) is 2.09. The minimum Gasteiger partial charge on any atom is -0.489 e. The Morgan fingerprint density at radius 1 is 1.53 bits per heavy atom. The zero-order chi connectivity index (χ0) is 11.1. The molecule has 0 heterocycles. The zero-order valence-corrected chi connectivity index (χ0v) is 8.78. The minimum absolute atomic E-state index is 0.00253. The molecule has 0 radical (unpaired) electrons. The molecule has 0 amide bonds. The molecule has 0 saturated heterocycles. The van der Waals surface area contributed by atoms with Crippen LogP contribution < -0.4 is 4.74 Å². The molecule has 0 spiro atoms. The second-order valence-corrected chi connectivity index (χ2v) is 3.14. The van der Waals surface area contributed by atoms with E-state index in [-0.39, 0.29) is 6.42 Å². The zero-order valence-electron chi connectivity index (χ0n) is 8.02. The second kappa shape index (κ2) is 6.09. The van der Waals surface area contributed by atoms with Gasteiger partial charge in [0.25, 0.3) is 0 Å². The predicted octanol–water partition coefficient (Wildman–Crippen LogP) is 2.45. The first-order chi connectivity index (χ1) is 7.22. The van der Waals surface area contributed by atoms with Crippen LogP contribution in [0, 0.1) is 0 Å². The van der Waals surface area contributed by atoms with Gasteiger partial charge in [0, 0.05) is 5.54 Å². The lowest BCUT2D eigenvalue weighted by molar-refractivity contribution is -0.136. The van der Waals surface area contributed by atoms with Crippen molar-refractivity contribution >= 4 is 17.6 Å². The van der Waals surface area contributed by atoms with Crippen LogP contribution in [0.2, 0.25) is 0 Å². The van der Waals surface area contributed by atoms with Gasteiger partial charge in [-0.15, -0.1) is 0 Å². The first-order valence-corrected chi connectivity index (χ1v) is 4.85. The highest BCUT2D eigenvalue weighted by molar-refractivity contribution is 6.25. The summed E-state index contributed by atoms with van der Waals surface area (Å²) in [6.45, 7) is 0.375. The van der Waals surface area contributed by atoms with E-state index in [2.05, 4.69) is 0 Å². The van der Waals surface area contributed by atoms with E-state index in [9.17, 15) is 4.79 Å². The molecule has 1 N–H and O–H groups in total. The number of carboxylic acid groups (broad SMARTS) is 1. The first kappa shape index (κ1) is 11.6. The van der Waals surface area contributed by atoms with Crippen molar-refractivity contribution in [1.29, 1.82) is 0 Å². The SMILES string of the molecule is O=C(O)Cc1cccc(OCC=CCl)c1. The van der Waals surface area contributed by atoms with Crippen LogP contribution in [-0.4, -0.2) is 17.7 Å². The number of carboxylic acids is 1. The Bertz CT molecular complexity index is 361. The fourth-order valence-corrected chi connectivity index (χ4v) is 1.17. The number of benzene rings is 1. The molecule has 80 valence electrons. The molecule has 15 heavy (non-hydrogen) atoms. The van der Waals surface area contributed by atoms with Crippen molar-refractivity contribution in [3.05, 3.63) is 41.4 Å². The molecule has 0 aromatic heterocycles. The molecule has 1 rings (SSSR count). The number of carbonyl (C=O) groups is 1. The van der Waals surface area contributed by atoms with E-state index in [1.54, 1.807) is 30.3 Å². The normalized spacial score (nSPS) is 10.5. The highest BCUT2D eigenvalue weighted by Crippen LogP contribution is 2.13. The number of aliphatic carboxylic acids is 1. The summed E-state index contributed by atoms with van der Waals surface area (Å²) < 4.78 is 5.30. The highest BCUT2D eigenvalue weighted by atomic mass is 35.5. The van der Waals surface area contributed by atoms with Crippen LogP contribution in [-0.2, 0) is 11.2 Å². The summed E-state index contributed by atoms with van der Waals surface area (Å²) in [5.74, 6) is -0.212. The van der Waals surface area contributed by atoms with Crippen LogP contribution in [0.1, 0.15) is 5.56 Å². The average molecular weight is 227 g/mol. The van der Waals surface area contributed by atoms with E-state index in [1.165, 1.54) is 5.54 Å². The van der Waals surface area contributed by atoms with Crippen molar-refractivity contribution in [3.63, 3.8) is 0 Å². The maximum Gasteiger partial charge on any atom is 0.307 e. The summed E-state index contributed by atoms with van der Waals surface area (Å²) in [4.78, 5) is 10.5. The van der Waals surface area contributed by atoms with Crippen LogP contribution in [0.5, 0.6) is 5.75 Å². The second-order valence-electron chi connectivity index (χ2n) is 2.89. The molecule has 0 saturated carbocycles. The molecule has 0 unspecified atom stereocenters. The third-order valence-corrected chi connectivity index (χ3v) is 1.87. The Morgan fingerprint density at radius 3 is 3.00 bits per heavy atom. The monoisotopic (exact) mass is 226 g/mol. The lowest BCUT2D eigenvalue weighted by Gasteiger charge is -2.04. The van der Waals surface area contributed by atoms with Crippen molar-refractivity contribution in [2.24, 2.45) is 0 Å². The van der Waals surface area contributed by atoms with E-state index >= 15 is 0 Å². The Kier molecular flexibility index (Phi) is 4.71. The Labute approximate surface area is 92.9 Å². The molecular weight excluding hydrogens is 216 g/mol. The average Bonchev–Trinajstić information content (AvgIpc) is 2.18. The molecule has 0 aliphatic carbocycles. The first-order valence-electron chi connectivity index (χ1n) is 4.41. The summed E-state index contributed by atoms with van der Waals surface area (Å²) >= 11 is 5.33. The van der Waals surface area contributed by atoms with Gasteiger partial charge in [0.2, 0.25) is 0 Å². The number of ether oxygens (including phenoxy) is 1. The number of rotatable bonds is 5. The van der Waals surface area contributed by atoms with Gasteiger partial charge in [-0.1, -0.05) is 23.7 Å². The summed E-state index contributed by atoms with van der Waals surface area (Å²) in [6, 6.07) is 6.99. The quantitative estimate of drug-likeness (QED) is 0.839. The third kappa shape index (κ3) is 4.51. The van der Waals surface area contributed by atoms with Crippen LogP contribution in [0.25, 0.3) is 0 Å². The van der Waals surface area contributed by atoms with Gasteiger partial charge in [0.15, 0.2) is 0 Å². The van der Waals surface area contributed by atoms with Crippen LogP contribution in [0.4, 0.5) is 0 Å². The molecule has 0 aliphatic heterocycles. The highest BCUT2D eigenvalue weighted by Gasteiger charge is 2.01. The topological polar surface area (TPSA) is 46.5 Å². The van der Waals surface area contributed by atoms with Crippen molar-refractivity contribution < 1.29 is 14.6 Å². The molecule has 4 heteroatoms. The van der Waals surface area contributed by atoms with E-state index in [4.69, 9.17) is 21.4 Å². The van der Waals surface area contributed by atoms with E-state index in [0.29, 0.717) is 12.4 Å². The molecule has 0 bridgehead atoms. The van der Waals surface area contributed by atoms with E-state index in [1.807, 2.05) is 0 Å². The Morgan fingerprint density at radius 2 is 2.33 bits per heavy atom. The standard InChI is InChI=1S/C11H11ClO3/c12-5-2-6-15-10-4-1-3-9(7-10)8-11(13)14/h1-5,7H,6,8H2,(H,13,14). The summed E-state index contributed by atoms with van der Waals surface area (Å²) in [6.07, 6.45) is 1.66. The number of halogens is 1. The van der Waals surface area contributed by atoms with Crippen molar-refractivity contribution in [2.45, 2.75) is 6.42 Å². The molecule has 0 atom stereocenters. The van der Waals surface area contributed by atoms with Crippen LogP contribution >= 0.6 is 11.6 Å². The maximum absolute atomic E-state index is 10.5. The molecular formula is C11H11ClO3. The predicted molar refractivity (Wildman–Crippen MR) is 58.3 cm³/mol. The Balaban J connectivity index is 2.61. The molecule has 1 aromatic rings. The van der Waals surface area contributed by atoms with Crippen molar-refractivity contribution in [3.8, 4) is 5.75 Å². The number of hydrogen-bond donors (Lipinski definition) is 1. The van der Waals surface area contributed by atoms with Gasteiger partial charge in [-0.3, -0.25) is 4.79 Å². The van der Waals surface area contributed by atoms with E-state index in [0.717, 1.165) is 5.56 Å². The Hall–Kier alpha value is -1.48. The van der Waals surface area contributed by atoms with Gasteiger partial charge in [-0.2, -0.15) is 0 Å². The molecule has 1 aromatic carbocycles. The van der Waals surface area contributed by atoms with Gasteiger partial charge in [-0.25, -0.2) is 0 Å². The maximum atomic E-state index is 10.5. The van der Waals surface area contributed by atoms with Gasteiger partial charge in [-0.05, 0) is 23.8 Å². The van der Waals surface area contributed by atoms with Crippen LogP contribution in [0.15, 0.2) is 35.9 Å². The minimum atomic E-state index is -0.854. The van der Waals surface area contributed by atoms with Crippen molar-refractivity contribution in [2.75, 3.05) is 6.61 Å². The van der Waals surface area contributed by atoms with Crippen LogP contribution in [0.3, 0.4) is 0 Å². The lowest BCUT2D eigenvalue weighted by Crippen LogP contribution is -2.00. The largest absolute Gasteiger partial charge is 0.489 e. The molecule has 0 fully saturated rings. The fourth-order valence-electron chi connectivity index (χ4n) is 1.10. The van der Waals surface area contributed by atoms with Gasteiger partial charge < -0.3 is 9.84 Å². The number of hydrogen-bond acceptors (Lipinski definition) is 2. The fraction of sp³-hybridized carbons (Fsp3) is 0.182. The van der Waals surface area contributed by atoms with Gasteiger partial charge >= 0.3 is 5.97 Å². The van der Waals surface area contributed by atoms with Gasteiger partial charge in [0.05, 0.1) is 6.42 Å². The summed E-state index contributed by atoms with van der Waals surface area (Å²) in [7, 11) is 0. The molecule has 3 nitrogen and oxygen atoms in total. The summed E-state index contributed by atoms with van der Waals surface area (Å²) in [5, 5.41) is 8.60. The molecule has 0 aliphatic rings. The van der Waals surface area contributed by atoms with Gasteiger partial charge in [0.1, 0.15) is 12.4 Å². The van der Waals surface area contributed by atoms with Crippen molar-refractivity contribution in [1.82, 2.24) is 0 Å². The lowest BCUT2D eigenvalue weighted by atomic mass is 10.1. The van der Waals surface area contributed by atoms with E-state index < -0.39 is 5.97 Å². The third-order valence-electron chi connectivity index (χ3n) is 1.69.